The van der Waals surface area contributed by atoms with Gasteiger partial charge in [0.2, 0.25) is 0 Å². The van der Waals surface area contributed by atoms with Crippen molar-refractivity contribution in [2.75, 3.05) is 15.9 Å². The van der Waals surface area contributed by atoms with Crippen LogP contribution in [0.15, 0.2) is 114 Å². The molecule has 0 aromatic heterocycles. The van der Waals surface area contributed by atoms with Crippen LogP contribution >= 0.6 is 23.2 Å². The number of benzene rings is 4. The number of hydroxylamine groups is 1. The van der Waals surface area contributed by atoms with Gasteiger partial charge in [-0.2, -0.15) is 0 Å². The Labute approximate surface area is 221 Å². The van der Waals surface area contributed by atoms with E-state index in [0.29, 0.717) is 22.2 Å². The first kappa shape index (κ1) is 24.7. The lowest BCUT2D eigenvalue weighted by Gasteiger charge is -2.28. The number of para-hydroxylation sites is 1. The Morgan fingerprint density at radius 2 is 1.33 bits per heavy atom. The molecule has 4 aromatic carbocycles. The van der Waals surface area contributed by atoms with Crippen LogP contribution in [0.25, 0.3) is 0 Å². The van der Waals surface area contributed by atoms with Gasteiger partial charge in [0, 0.05) is 16.5 Å². The van der Waals surface area contributed by atoms with E-state index in [0.717, 1.165) is 11.3 Å². The standard InChI is InChI=1S/C28H24Cl2N2O3S/c29-22-11-15-24(16-12-22)31(36(33,34)27-17-13-23(30)14-18-27)20-26-19-28(21-7-3-1-4-8-21)32(35-26)25-9-5-2-6-10-25/h1-18,26,28H,19-20H2/t26-,28-/m0/s1. The molecule has 1 fully saturated rings. The quantitative estimate of drug-likeness (QED) is 0.251. The summed E-state index contributed by atoms with van der Waals surface area (Å²) >= 11 is 12.1. The van der Waals surface area contributed by atoms with E-state index >= 15 is 0 Å². The van der Waals surface area contributed by atoms with Crippen LogP contribution < -0.4 is 9.37 Å². The van der Waals surface area contributed by atoms with Gasteiger partial charge in [0.15, 0.2) is 0 Å². The number of hydrogen-bond donors (Lipinski definition) is 0. The van der Waals surface area contributed by atoms with Crippen molar-refractivity contribution in [1.29, 1.82) is 0 Å². The van der Waals surface area contributed by atoms with Crippen molar-refractivity contribution in [2.24, 2.45) is 0 Å². The molecule has 36 heavy (non-hydrogen) atoms. The van der Waals surface area contributed by atoms with Gasteiger partial charge >= 0.3 is 0 Å². The topological polar surface area (TPSA) is 49.9 Å². The van der Waals surface area contributed by atoms with Gasteiger partial charge in [-0.25, -0.2) is 13.5 Å². The molecule has 4 aromatic rings. The smallest absolute Gasteiger partial charge is 0.264 e. The largest absolute Gasteiger partial charge is 0.268 e. The fraction of sp³-hybridized carbons (Fsp3) is 0.143. The van der Waals surface area contributed by atoms with E-state index in [-0.39, 0.29) is 17.5 Å². The molecule has 2 atom stereocenters. The van der Waals surface area contributed by atoms with E-state index in [9.17, 15) is 8.42 Å². The summed E-state index contributed by atoms with van der Waals surface area (Å²) in [5.41, 5.74) is 2.52. The molecule has 0 bridgehead atoms. The van der Waals surface area contributed by atoms with E-state index in [1.165, 1.54) is 16.4 Å². The monoisotopic (exact) mass is 538 g/mol. The molecule has 0 aliphatic carbocycles. The first-order valence-corrected chi connectivity index (χ1v) is 13.7. The van der Waals surface area contributed by atoms with Crippen molar-refractivity contribution in [3.63, 3.8) is 0 Å². The molecule has 8 heteroatoms. The van der Waals surface area contributed by atoms with Crippen molar-refractivity contribution < 1.29 is 13.3 Å². The minimum Gasteiger partial charge on any atom is -0.268 e. The molecule has 184 valence electrons. The molecule has 1 saturated heterocycles. The Bertz CT molecular complexity index is 1350. The average Bonchev–Trinajstić information content (AvgIpc) is 3.33. The maximum Gasteiger partial charge on any atom is 0.264 e. The Morgan fingerprint density at radius 3 is 1.94 bits per heavy atom. The molecule has 0 spiro atoms. The van der Waals surface area contributed by atoms with Crippen molar-refractivity contribution in [1.82, 2.24) is 0 Å². The zero-order valence-electron chi connectivity index (χ0n) is 19.2. The zero-order valence-corrected chi connectivity index (χ0v) is 21.6. The van der Waals surface area contributed by atoms with Gasteiger partial charge < -0.3 is 0 Å². The molecule has 1 heterocycles. The van der Waals surface area contributed by atoms with E-state index < -0.39 is 16.1 Å². The highest BCUT2D eigenvalue weighted by molar-refractivity contribution is 7.92. The van der Waals surface area contributed by atoms with Crippen molar-refractivity contribution in [3.05, 3.63) is 125 Å². The van der Waals surface area contributed by atoms with E-state index in [2.05, 4.69) is 12.1 Å². The Balaban J connectivity index is 1.50. The first-order valence-electron chi connectivity index (χ1n) is 11.5. The highest BCUT2D eigenvalue weighted by atomic mass is 35.5. The zero-order chi connectivity index (χ0) is 25.1. The molecule has 1 aliphatic heterocycles. The van der Waals surface area contributed by atoms with Crippen molar-refractivity contribution in [2.45, 2.75) is 23.5 Å². The summed E-state index contributed by atoms with van der Waals surface area (Å²) in [7, 11) is -3.90. The van der Waals surface area contributed by atoms with Crippen LogP contribution in [0.3, 0.4) is 0 Å². The number of sulfonamides is 1. The van der Waals surface area contributed by atoms with Crippen LogP contribution in [0, 0.1) is 0 Å². The number of nitrogens with zero attached hydrogens (tertiary/aromatic N) is 2. The molecule has 1 aliphatic rings. The third kappa shape index (κ3) is 5.22. The number of halogens is 2. The minimum atomic E-state index is -3.90. The molecular formula is C28H24Cl2N2O3S. The maximum atomic E-state index is 13.8. The average molecular weight is 539 g/mol. The number of rotatable bonds is 7. The fourth-order valence-corrected chi connectivity index (χ4v) is 6.11. The molecule has 5 nitrogen and oxygen atoms in total. The van der Waals surface area contributed by atoms with Crippen LogP contribution in [-0.2, 0) is 14.9 Å². The van der Waals surface area contributed by atoms with E-state index in [1.54, 1.807) is 36.4 Å². The Morgan fingerprint density at radius 1 is 0.778 bits per heavy atom. The molecule has 0 unspecified atom stereocenters. The third-order valence-electron chi connectivity index (χ3n) is 6.11. The fourth-order valence-electron chi connectivity index (χ4n) is 4.36. The molecule has 0 radical (unpaired) electrons. The number of anilines is 2. The SMILES string of the molecule is O=S(=O)(c1ccc(Cl)cc1)N(C[C@@H]1C[C@@H](c2ccccc2)N(c2ccccc2)O1)c1ccc(Cl)cc1. The highest BCUT2D eigenvalue weighted by Gasteiger charge is 2.38. The lowest BCUT2D eigenvalue weighted by molar-refractivity contribution is 0.0898. The predicted molar refractivity (Wildman–Crippen MR) is 145 cm³/mol. The molecular weight excluding hydrogens is 515 g/mol. The van der Waals surface area contributed by atoms with Crippen molar-refractivity contribution in [3.8, 4) is 0 Å². The lowest BCUT2D eigenvalue weighted by atomic mass is 10.0. The summed E-state index contributed by atoms with van der Waals surface area (Å²) < 4.78 is 29.0. The van der Waals surface area contributed by atoms with Crippen LogP contribution in [-0.4, -0.2) is 21.1 Å². The summed E-state index contributed by atoms with van der Waals surface area (Å²) in [5.74, 6) is 0. The molecule has 0 N–H and O–H groups in total. The van der Waals surface area contributed by atoms with Crippen LogP contribution in [0.1, 0.15) is 18.0 Å². The summed E-state index contributed by atoms with van der Waals surface area (Å²) in [6.07, 6.45) is 0.215. The van der Waals surface area contributed by atoms with Gasteiger partial charge in [0.1, 0.15) is 6.10 Å². The van der Waals surface area contributed by atoms with Crippen LogP contribution in [0.4, 0.5) is 11.4 Å². The second-order valence-corrected chi connectivity index (χ2v) is 11.3. The summed E-state index contributed by atoms with van der Waals surface area (Å²) in [4.78, 5) is 6.57. The van der Waals surface area contributed by atoms with Gasteiger partial charge in [-0.05, 0) is 66.2 Å². The minimum absolute atomic E-state index is 0.0658. The molecule has 0 saturated carbocycles. The van der Waals surface area contributed by atoms with Gasteiger partial charge in [0.05, 0.1) is 28.9 Å². The van der Waals surface area contributed by atoms with Crippen LogP contribution in [0.5, 0.6) is 0 Å². The predicted octanol–water partition coefficient (Wildman–Crippen LogP) is 7.14. The van der Waals surface area contributed by atoms with Gasteiger partial charge in [-0.3, -0.25) is 9.14 Å². The van der Waals surface area contributed by atoms with Gasteiger partial charge in [-0.1, -0.05) is 71.7 Å². The van der Waals surface area contributed by atoms with Crippen LogP contribution in [0.2, 0.25) is 10.0 Å². The third-order valence-corrected chi connectivity index (χ3v) is 8.42. The van der Waals surface area contributed by atoms with Crippen molar-refractivity contribution >= 4 is 44.6 Å². The van der Waals surface area contributed by atoms with Gasteiger partial charge in [0.25, 0.3) is 10.0 Å². The van der Waals surface area contributed by atoms with E-state index in [1.807, 2.05) is 53.6 Å². The van der Waals surface area contributed by atoms with Gasteiger partial charge in [-0.15, -0.1) is 0 Å². The summed E-state index contributed by atoms with van der Waals surface area (Å²) in [5, 5.41) is 2.88. The summed E-state index contributed by atoms with van der Waals surface area (Å²) in [6.45, 7) is 0.124. The first-order chi connectivity index (χ1) is 17.4. The Kier molecular flexibility index (Phi) is 7.21. The Hall–Kier alpha value is -3.03. The number of hydrogen-bond acceptors (Lipinski definition) is 4. The maximum absolute atomic E-state index is 13.8. The second-order valence-electron chi connectivity index (χ2n) is 8.52. The lowest BCUT2D eigenvalue weighted by Crippen LogP contribution is -2.38. The molecule has 0 amide bonds. The second kappa shape index (κ2) is 10.5. The molecule has 5 rings (SSSR count). The summed E-state index contributed by atoms with van der Waals surface area (Å²) in [6, 6.07) is 32.8. The highest BCUT2D eigenvalue weighted by Crippen LogP contribution is 2.39. The normalized spacial score (nSPS) is 17.8. The van der Waals surface area contributed by atoms with E-state index in [4.69, 9.17) is 28.0 Å².